The van der Waals surface area contributed by atoms with Gasteiger partial charge in [-0.1, -0.05) is 72.8 Å². The van der Waals surface area contributed by atoms with Crippen LogP contribution in [0.5, 0.6) is 0 Å². The molecule has 8 rings (SSSR count). The number of para-hydroxylation sites is 2. The van der Waals surface area contributed by atoms with Gasteiger partial charge in [0.2, 0.25) is 0 Å². The van der Waals surface area contributed by atoms with Crippen LogP contribution in [0.15, 0.2) is 162 Å². The average molecular weight is 732 g/mol. The molecule has 0 radical (unpaired) electrons. The van der Waals surface area contributed by atoms with E-state index in [0.29, 0.717) is 22.7 Å². The molecule has 8 aromatic rings. The molecule has 2 aromatic heterocycles. The number of anilines is 4. The number of hydrogen-bond donors (Lipinski definition) is 2. The first-order valence-corrected chi connectivity index (χ1v) is 18.4. The lowest BCUT2D eigenvalue weighted by atomic mass is 10.2. The van der Waals surface area contributed by atoms with Crippen LogP contribution in [0.25, 0.3) is 20.4 Å². The van der Waals surface area contributed by atoms with Gasteiger partial charge in [0, 0.05) is 32.9 Å². The third-order valence-electron chi connectivity index (χ3n) is 7.84. The summed E-state index contributed by atoms with van der Waals surface area (Å²) in [6.45, 7) is 4.02. The molecule has 0 amide bonds. The van der Waals surface area contributed by atoms with Crippen LogP contribution in [0.4, 0.5) is 40.1 Å². The van der Waals surface area contributed by atoms with Crippen molar-refractivity contribution in [1.82, 2.24) is 9.97 Å². The van der Waals surface area contributed by atoms with Crippen molar-refractivity contribution < 1.29 is 4.92 Å². The van der Waals surface area contributed by atoms with E-state index in [1.54, 1.807) is 28.7 Å². The molecular weight excluding hydrogens is 699 g/mol. The number of aromatic nitrogens is 2. The minimum absolute atomic E-state index is 0.0206. The van der Waals surface area contributed by atoms with E-state index in [2.05, 4.69) is 44.9 Å². The molecule has 0 bridgehead atoms. The fourth-order valence-corrected chi connectivity index (χ4v) is 7.46. The lowest BCUT2D eigenvalue weighted by Gasteiger charge is -2.14. The maximum Gasteiger partial charge on any atom is 0.271 e. The van der Waals surface area contributed by atoms with Crippen LogP contribution in [-0.2, 0) is 0 Å². The zero-order valence-electron chi connectivity index (χ0n) is 28.8. The van der Waals surface area contributed by atoms with E-state index in [1.165, 1.54) is 21.5 Å². The van der Waals surface area contributed by atoms with Gasteiger partial charge in [0.1, 0.15) is 0 Å². The Hall–Kier alpha value is -6.56. The van der Waals surface area contributed by atoms with E-state index >= 15 is 0 Å². The molecule has 0 aliphatic rings. The number of nitro benzene ring substituents is 1. The van der Waals surface area contributed by atoms with Crippen LogP contribution < -0.4 is 20.0 Å². The second-order valence-electron chi connectivity index (χ2n) is 12.0. The van der Waals surface area contributed by atoms with Crippen molar-refractivity contribution in [2.24, 2.45) is 9.98 Å². The standard InChI is InChI=1S/C22H19N5O2.C20H14N2S2/c1-14-5-3-7-16(11-14)23-21-22(24-17-8-4-6-15(2)12-17)26-20-13-18(27(28)29)9-10-19(20)25-21;1-3-9-15(10-4-1)21-19-20(22-16-11-5-2-6-12-16)24-18-14-8-7-13-17(18)23-19/h3-13H,1-2H3,(H,23,25)(H,24,26);1-14H. The Morgan fingerprint density at radius 3 is 1.49 bits per heavy atom. The minimum Gasteiger partial charge on any atom is -0.337 e. The zero-order chi connectivity index (χ0) is 36.6. The molecule has 0 saturated carbocycles. The largest absolute Gasteiger partial charge is 0.337 e. The number of nitrogens with zero attached hydrogens (tertiary/aromatic N) is 5. The molecule has 260 valence electrons. The predicted molar refractivity (Wildman–Crippen MR) is 218 cm³/mol. The summed E-state index contributed by atoms with van der Waals surface area (Å²) in [5.74, 6) is 1.03. The Balaban J connectivity index is 0.000000167. The first kappa shape index (κ1) is 34.9. The molecule has 0 atom stereocenters. The molecule has 9 nitrogen and oxygen atoms in total. The lowest BCUT2D eigenvalue weighted by molar-refractivity contribution is -0.384. The normalized spacial score (nSPS) is 11.6. The van der Waals surface area contributed by atoms with Gasteiger partial charge >= 0.3 is 0 Å². The van der Waals surface area contributed by atoms with E-state index in [0.717, 1.165) is 43.2 Å². The second-order valence-corrected chi connectivity index (χ2v) is 14.1. The monoisotopic (exact) mass is 731 g/mol. The SMILES string of the molecule is Cc1cccc(Nc2nc3ccc([N+](=O)[O-])cc3nc2Nc2cccc(C)c2)c1.c1ccc(N=c2sc3ccccc3sc2=Nc2ccccc2)cc1. The molecule has 53 heavy (non-hydrogen) atoms. The second kappa shape index (κ2) is 16.2. The van der Waals surface area contributed by atoms with Gasteiger partial charge in [-0.2, -0.15) is 0 Å². The van der Waals surface area contributed by atoms with Crippen LogP contribution in [0.3, 0.4) is 0 Å². The van der Waals surface area contributed by atoms with Crippen molar-refractivity contribution in [3.8, 4) is 0 Å². The van der Waals surface area contributed by atoms with E-state index in [9.17, 15) is 10.1 Å². The van der Waals surface area contributed by atoms with Gasteiger partial charge in [0.25, 0.3) is 5.69 Å². The van der Waals surface area contributed by atoms with Crippen molar-refractivity contribution >= 4 is 83.2 Å². The molecule has 0 spiro atoms. The highest BCUT2D eigenvalue weighted by molar-refractivity contribution is 7.25. The topological polar surface area (TPSA) is 118 Å². The third-order valence-corrected chi connectivity index (χ3v) is 10.2. The highest BCUT2D eigenvalue weighted by Crippen LogP contribution is 2.30. The highest BCUT2D eigenvalue weighted by Gasteiger charge is 2.14. The number of non-ortho nitro benzene ring substituents is 1. The molecular formula is C42H33N7O2S2. The number of benzene rings is 6. The van der Waals surface area contributed by atoms with Gasteiger partial charge in [0.15, 0.2) is 21.0 Å². The maximum atomic E-state index is 11.1. The fourth-order valence-electron chi connectivity index (χ4n) is 5.34. The summed E-state index contributed by atoms with van der Waals surface area (Å²) in [7, 11) is 0. The summed E-state index contributed by atoms with van der Waals surface area (Å²) in [6.07, 6.45) is 0. The van der Waals surface area contributed by atoms with Crippen molar-refractivity contribution in [3.63, 3.8) is 0 Å². The molecule has 2 heterocycles. The van der Waals surface area contributed by atoms with Crippen molar-refractivity contribution in [2.45, 2.75) is 13.8 Å². The zero-order valence-corrected chi connectivity index (χ0v) is 30.4. The van der Waals surface area contributed by atoms with Gasteiger partial charge in [0.05, 0.1) is 27.3 Å². The van der Waals surface area contributed by atoms with Gasteiger partial charge in [-0.25, -0.2) is 20.0 Å². The van der Waals surface area contributed by atoms with Crippen LogP contribution in [0.2, 0.25) is 0 Å². The minimum atomic E-state index is -0.437. The summed E-state index contributed by atoms with van der Waals surface area (Å²) in [4.78, 5) is 29.6. The number of aryl methyl sites for hydroxylation is 2. The first-order chi connectivity index (χ1) is 25.9. The van der Waals surface area contributed by atoms with Gasteiger partial charge < -0.3 is 10.6 Å². The number of nitro groups is 1. The van der Waals surface area contributed by atoms with Crippen LogP contribution in [0.1, 0.15) is 11.1 Å². The highest BCUT2D eigenvalue weighted by atomic mass is 32.1. The Labute approximate surface area is 313 Å². The molecule has 6 aromatic carbocycles. The Morgan fingerprint density at radius 1 is 0.547 bits per heavy atom. The molecule has 11 heteroatoms. The number of rotatable bonds is 7. The van der Waals surface area contributed by atoms with Crippen molar-refractivity contribution in [3.05, 3.63) is 182 Å². The molecule has 0 fully saturated rings. The molecule has 0 saturated heterocycles. The Morgan fingerprint density at radius 2 is 1.02 bits per heavy atom. The van der Waals surface area contributed by atoms with Crippen molar-refractivity contribution in [1.29, 1.82) is 0 Å². The summed E-state index contributed by atoms with van der Waals surface area (Å²) in [5.41, 5.74) is 6.85. The third kappa shape index (κ3) is 9.03. The van der Waals surface area contributed by atoms with E-state index in [1.807, 2.05) is 123 Å². The average Bonchev–Trinajstić information content (AvgIpc) is 3.16. The Kier molecular flexibility index (Phi) is 10.7. The first-order valence-electron chi connectivity index (χ1n) is 16.7. The summed E-state index contributed by atoms with van der Waals surface area (Å²) in [6, 6.07) is 48.7. The Bertz CT molecular complexity index is 2610. The van der Waals surface area contributed by atoms with Crippen LogP contribution >= 0.6 is 22.7 Å². The number of hydrogen-bond acceptors (Lipinski definition) is 10. The van der Waals surface area contributed by atoms with Gasteiger partial charge in [-0.3, -0.25) is 10.1 Å². The van der Waals surface area contributed by atoms with Gasteiger partial charge in [-0.05, 0) is 91.7 Å². The lowest BCUT2D eigenvalue weighted by Crippen LogP contribution is -2.19. The smallest absolute Gasteiger partial charge is 0.271 e. The van der Waals surface area contributed by atoms with Crippen LogP contribution in [-0.4, -0.2) is 14.9 Å². The maximum absolute atomic E-state index is 11.1. The van der Waals surface area contributed by atoms with Gasteiger partial charge in [-0.15, -0.1) is 22.7 Å². The van der Waals surface area contributed by atoms with E-state index < -0.39 is 4.92 Å². The van der Waals surface area contributed by atoms with Crippen LogP contribution in [0, 0.1) is 24.0 Å². The quantitative estimate of drug-likeness (QED) is 0.124. The molecule has 0 aliphatic carbocycles. The number of nitrogens with one attached hydrogen (secondary N) is 2. The summed E-state index contributed by atoms with van der Waals surface area (Å²) < 4.78 is 4.33. The number of fused-ring (bicyclic) bond motifs is 2. The molecule has 0 unspecified atom stereocenters. The van der Waals surface area contributed by atoms with E-state index in [-0.39, 0.29) is 5.69 Å². The molecule has 0 aliphatic heterocycles. The predicted octanol–water partition coefficient (Wildman–Crippen LogP) is 11.1. The molecule has 2 N–H and O–H groups in total. The fraction of sp³-hybridized carbons (Fsp3) is 0.0476. The van der Waals surface area contributed by atoms with E-state index in [4.69, 9.17) is 9.98 Å². The summed E-state index contributed by atoms with van der Waals surface area (Å²) in [5, 5.41) is 17.7. The van der Waals surface area contributed by atoms with Crippen molar-refractivity contribution in [2.75, 3.05) is 10.6 Å². The summed E-state index contributed by atoms with van der Waals surface area (Å²) >= 11 is 3.36.